The second kappa shape index (κ2) is 15.6. The summed E-state index contributed by atoms with van der Waals surface area (Å²) >= 11 is 0. The lowest BCUT2D eigenvalue weighted by Gasteiger charge is -2.33. The minimum Gasteiger partial charge on any atom is -0.467 e. The third-order valence-electron chi connectivity index (χ3n) is 8.67. The van der Waals surface area contributed by atoms with Crippen LogP contribution in [0, 0.1) is 5.92 Å². The van der Waals surface area contributed by atoms with Crippen molar-refractivity contribution in [2.45, 2.75) is 88.6 Å². The zero-order chi connectivity index (χ0) is 34.2. The zero-order valence-electron chi connectivity index (χ0n) is 27.6. The highest BCUT2D eigenvalue weighted by Crippen LogP contribution is 2.31. The van der Waals surface area contributed by atoms with Crippen molar-refractivity contribution >= 4 is 27.7 Å². The van der Waals surface area contributed by atoms with Gasteiger partial charge in [0.25, 0.3) is 0 Å². The van der Waals surface area contributed by atoms with Crippen LogP contribution in [0.1, 0.15) is 51.0 Å². The second-order valence-electron chi connectivity index (χ2n) is 13.0. The number of carbonyl (C=O) groups is 3. The number of carbonyl (C=O) groups excluding carboxylic acids is 3. The van der Waals surface area contributed by atoms with Gasteiger partial charge < -0.3 is 30.4 Å². The number of epoxide rings is 1. The first-order valence-corrected chi connectivity index (χ1v) is 17.7. The summed E-state index contributed by atoms with van der Waals surface area (Å²) in [5.74, 6) is -0.134. The van der Waals surface area contributed by atoms with Crippen molar-refractivity contribution in [3.05, 3.63) is 95.9 Å². The van der Waals surface area contributed by atoms with E-state index in [1.165, 1.54) is 20.1 Å². The van der Waals surface area contributed by atoms with Crippen molar-refractivity contribution in [2.75, 3.05) is 6.26 Å². The summed E-state index contributed by atoms with van der Waals surface area (Å²) in [4.78, 5) is 39.9. The van der Waals surface area contributed by atoms with Crippen LogP contribution in [-0.2, 0) is 43.5 Å². The number of urea groups is 1. The molecule has 2 aromatic carbocycles. The van der Waals surface area contributed by atoms with Crippen molar-refractivity contribution < 1.29 is 32.0 Å². The van der Waals surface area contributed by atoms with Gasteiger partial charge in [-0.2, -0.15) is 0 Å². The van der Waals surface area contributed by atoms with Crippen LogP contribution in [0.5, 0.6) is 0 Å². The lowest BCUT2D eigenvalue weighted by molar-refractivity contribution is -0.124. The lowest BCUT2D eigenvalue weighted by atomic mass is 9.95. The fourth-order valence-electron chi connectivity index (χ4n) is 5.36. The Morgan fingerprint density at radius 3 is 2.02 bits per heavy atom. The molecule has 1 aliphatic heterocycles. The first-order chi connectivity index (χ1) is 22.2. The third-order valence-corrected chi connectivity index (χ3v) is 10.8. The molecule has 47 heavy (non-hydrogen) atoms. The van der Waals surface area contributed by atoms with Crippen molar-refractivity contribution in [3.63, 3.8) is 0 Å². The molecule has 0 bridgehead atoms. The number of furan rings is 1. The van der Waals surface area contributed by atoms with Gasteiger partial charge in [-0.15, -0.1) is 0 Å². The number of benzene rings is 2. The predicted molar refractivity (Wildman–Crippen MR) is 179 cm³/mol. The van der Waals surface area contributed by atoms with Crippen LogP contribution in [0.15, 0.2) is 83.5 Å². The molecule has 1 unspecified atom stereocenters. The van der Waals surface area contributed by atoms with Crippen molar-refractivity contribution in [1.82, 2.24) is 21.3 Å². The number of hydrogen-bond donors (Lipinski definition) is 4. The third kappa shape index (κ3) is 10.2. The summed E-state index contributed by atoms with van der Waals surface area (Å²) in [6.45, 7) is 6.97. The van der Waals surface area contributed by atoms with Crippen molar-refractivity contribution in [2.24, 2.45) is 5.92 Å². The molecule has 4 N–H and O–H groups in total. The number of nitrogens with one attached hydrogen (secondary N) is 4. The smallest absolute Gasteiger partial charge is 0.315 e. The van der Waals surface area contributed by atoms with Gasteiger partial charge in [0.05, 0.1) is 36.1 Å². The minimum atomic E-state index is -3.82. The molecule has 1 fully saturated rings. The van der Waals surface area contributed by atoms with Gasteiger partial charge in [-0.3, -0.25) is 9.59 Å². The molecule has 0 radical (unpaired) electrons. The van der Waals surface area contributed by atoms with Gasteiger partial charge in [-0.05, 0) is 55.9 Å². The fraction of sp³-hybridized carbons (Fsp3) is 0.457. The largest absolute Gasteiger partial charge is 0.467 e. The molecule has 254 valence electrons. The Hall–Kier alpha value is -4.16. The van der Waals surface area contributed by atoms with E-state index in [1.54, 1.807) is 12.1 Å². The molecule has 4 rings (SSSR count). The molecular weight excluding hydrogens is 620 g/mol. The van der Waals surface area contributed by atoms with E-state index in [1.807, 2.05) is 60.7 Å². The lowest BCUT2D eigenvalue weighted by Crippen LogP contribution is -2.63. The molecule has 0 aliphatic carbocycles. The van der Waals surface area contributed by atoms with Crippen LogP contribution in [0.25, 0.3) is 0 Å². The zero-order valence-corrected chi connectivity index (χ0v) is 28.4. The average molecular weight is 667 g/mol. The Labute approximate surface area is 277 Å². The molecule has 2 heterocycles. The number of amides is 4. The molecular formula is C35H46N4O7S. The maximum Gasteiger partial charge on any atom is 0.315 e. The Bertz CT molecular complexity index is 1580. The van der Waals surface area contributed by atoms with E-state index < -0.39 is 50.8 Å². The SMILES string of the molecule is CC(C)C(Cc1ccccc1)NC(=O)C[C@@H]1O[C@@H]1[C@H](Cc1ccccc1)NC(=O)[C@@H](NC(=O)NCc1ccco1)C(C)(C)S(C)(=O)=O. The maximum atomic E-state index is 13.9. The van der Waals surface area contributed by atoms with Crippen molar-refractivity contribution in [1.29, 1.82) is 0 Å². The van der Waals surface area contributed by atoms with Gasteiger partial charge in [0.15, 0.2) is 9.84 Å². The highest BCUT2D eigenvalue weighted by atomic mass is 32.2. The van der Waals surface area contributed by atoms with Gasteiger partial charge in [-0.25, -0.2) is 13.2 Å². The quantitative estimate of drug-likeness (QED) is 0.170. The normalized spacial score (nSPS) is 18.1. The van der Waals surface area contributed by atoms with Gasteiger partial charge in [0, 0.05) is 12.3 Å². The summed E-state index contributed by atoms with van der Waals surface area (Å²) in [5, 5.41) is 11.3. The molecule has 0 spiro atoms. The standard InChI is InChI=1S/C35H46N4O7S/c1-23(2)27(19-24-13-8-6-9-14-24)37-30(40)21-29-31(46-29)28(20-25-15-10-7-11-16-25)38-33(41)32(35(3,4)47(5,43)44)39-34(42)36-22-26-17-12-18-45-26/h6-18,23,27-29,31-32H,19-22H2,1-5H3,(H,37,40)(H,38,41)(H2,36,39,42)/t27?,28-,29-,31+,32+/m0/s1. The molecule has 5 atom stereocenters. The van der Waals surface area contributed by atoms with Crippen LogP contribution in [0.3, 0.4) is 0 Å². The van der Waals surface area contributed by atoms with Crippen LogP contribution in [-0.4, -0.2) is 67.6 Å². The van der Waals surface area contributed by atoms with E-state index in [0.717, 1.165) is 17.4 Å². The molecule has 0 saturated carbocycles. The number of sulfone groups is 1. The number of hydrogen-bond acceptors (Lipinski definition) is 7. The van der Waals surface area contributed by atoms with Crippen LogP contribution < -0.4 is 21.3 Å². The molecule has 1 saturated heterocycles. The summed E-state index contributed by atoms with van der Waals surface area (Å²) in [6, 6.07) is 20.0. The van der Waals surface area contributed by atoms with Gasteiger partial charge in [0.2, 0.25) is 11.8 Å². The highest BCUT2D eigenvalue weighted by molar-refractivity contribution is 7.92. The summed E-state index contributed by atoms with van der Waals surface area (Å²) in [6.07, 6.45) is 2.73. The van der Waals surface area contributed by atoms with E-state index in [4.69, 9.17) is 9.15 Å². The molecule has 3 aromatic rings. The van der Waals surface area contributed by atoms with E-state index >= 15 is 0 Å². The van der Waals surface area contributed by atoms with E-state index in [-0.39, 0.29) is 30.8 Å². The number of ether oxygens (including phenoxy) is 1. The molecule has 1 aliphatic rings. The Morgan fingerprint density at radius 2 is 1.47 bits per heavy atom. The molecule has 11 nitrogen and oxygen atoms in total. The van der Waals surface area contributed by atoms with Gasteiger partial charge in [-0.1, -0.05) is 74.5 Å². The highest BCUT2D eigenvalue weighted by Gasteiger charge is 2.49. The second-order valence-corrected chi connectivity index (χ2v) is 15.6. The minimum absolute atomic E-state index is 0.0474. The first kappa shape index (κ1) is 35.7. The van der Waals surface area contributed by atoms with Gasteiger partial charge in [0.1, 0.15) is 17.9 Å². The number of rotatable bonds is 16. The average Bonchev–Trinajstić information content (AvgIpc) is 3.56. The van der Waals surface area contributed by atoms with E-state index in [2.05, 4.69) is 35.1 Å². The monoisotopic (exact) mass is 666 g/mol. The first-order valence-electron chi connectivity index (χ1n) is 15.8. The van der Waals surface area contributed by atoms with Crippen LogP contribution in [0.2, 0.25) is 0 Å². The Kier molecular flexibility index (Phi) is 11.9. The summed E-state index contributed by atoms with van der Waals surface area (Å²) in [5.41, 5.74) is 2.05. The predicted octanol–water partition coefficient (Wildman–Crippen LogP) is 3.54. The fourth-order valence-corrected chi connectivity index (χ4v) is 5.95. The topological polar surface area (TPSA) is 159 Å². The maximum absolute atomic E-state index is 13.9. The van der Waals surface area contributed by atoms with Crippen LogP contribution in [0.4, 0.5) is 4.79 Å². The molecule has 12 heteroatoms. The van der Waals surface area contributed by atoms with Crippen LogP contribution >= 0.6 is 0 Å². The van der Waals surface area contributed by atoms with E-state index in [0.29, 0.717) is 18.6 Å². The van der Waals surface area contributed by atoms with Gasteiger partial charge >= 0.3 is 6.03 Å². The van der Waals surface area contributed by atoms with E-state index in [9.17, 15) is 22.8 Å². The molecule has 1 aromatic heterocycles. The molecule has 4 amide bonds. The summed E-state index contributed by atoms with van der Waals surface area (Å²) in [7, 11) is -3.82. The Morgan fingerprint density at radius 1 is 0.851 bits per heavy atom. The summed E-state index contributed by atoms with van der Waals surface area (Å²) < 4.78 is 35.2. The van der Waals surface area contributed by atoms with Crippen molar-refractivity contribution in [3.8, 4) is 0 Å². The Balaban J connectivity index is 1.46.